The first-order chi connectivity index (χ1) is 21.3. The van der Waals surface area contributed by atoms with E-state index in [0.29, 0.717) is 0 Å². The number of hydrogen-bond donors (Lipinski definition) is 5. The molecule has 3 aliphatic heterocycles. The zero-order chi connectivity index (χ0) is 31.8. The van der Waals surface area contributed by atoms with Gasteiger partial charge in [-0.25, -0.2) is 29.4 Å². The Balaban J connectivity index is 1.21. The zero-order valence-electron chi connectivity index (χ0n) is 22.4. The van der Waals surface area contributed by atoms with Crippen LogP contribution < -0.4 is 31.9 Å². The smallest absolute Gasteiger partial charge is 0.280 e. The van der Waals surface area contributed by atoms with E-state index in [0.717, 1.165) is 28.1 Å². The van der Waals surface area contributed by atoms with E-state index in [2.05, 4.69) is 29.9 Å². The maximum Gasteiger partial charge on any atom is 0.280 e. The van der Waals surface area contributed by atoms with Crippen LogP contribution in [-0.2, 0) is 32.2 Å². The molecule has 7 rings (SSSR count). The van der Waals surface area contributed by atoms with E-state index in [4.69, 9.17) is 34.5 Å². The summed E-state index contributed by atoms with van der Waals surface area (Å²) in [7, 11) is -10.6. The average molecular weight is 673 g/mol. The van der Waals surface area contributed by atoms with Crippen molar-refractivity contribution in [1.29, 1.82) is 0 Å². The van der Waals surface area contributed by atoms with E-state index in [9.17, 15) is 28.8 Å². The van der Waals surface area contributed by atoms with E-state index < -0.39 is 83.4 Å². The van der Waals surface area contributed by atoms with Gasteiger partial charge in [-0.3, -0.25) is 28.0 Å². The Kier molecular flexibility index (Phi) is 7.26. The first-order valence-electron chi connectivity index (χ1n) is 13.0. The summed E-state index contributed by atoms with van der Waals surface area (Å²) in [6.45, 7) is -1.82. The number of fused-ring (bicyclic) bond motifs is 5. The quantitative estimate of drug-likeness (QED) is 0.132. The number of rotatable bonds is 2. The maximum absolute atomic E-state index is 15.9. The summed E-state index contributed by atoms with van der Waals surface area (Å²) >= 11 is 0. The minimum absolute atomic E-state index is 0.00912. The number of ether oxygens (including phenoxy) is 2. The van der Waals surface area contributed by atoms with Gasteiger partial charge in [0.1, 0.15) is 36.3 Å². The molecule has 0 spiro atoms. The number of hydrogen-bond acceptors (Lipinski definition) is 18. The molecular weight excluding hydrogens is 651 g/mol. The predicted molar refractivity (Wildman–Crippen MR) is 140 cm³/mol. The monoisotopic (exact) mass is 673 g/mol. The van der Waals surface area contributed by atoms with Crippen molar-refractivity contribution in [1.82, 2.24) is 44.1 Å². The van der Waals surface area contributed by atoms with Gasteiger partial charge in [0.05, 0.1) is 31.9 Å². The van der Waals surface area contributed by atoms with Crippen LogP contribution in [-0.4, -0.2) is 94.0 Å². The van der Waals surface area contributed by atoms with Gasteiger partial charge >= 0.3 is 0 Å². The van der Waals surface area contributed by atoms with Gasteiger partial charge in [-0.15, -0.1) is 0 Å². The van der Waals surface area contributed by atoms with Crippen LogP contribution in [0, 0.1) is 0 Å². The number of phosphoric acid groups is 1. The Bertz CT molecular complexity index is 1940. The molecule has 0 radical (unpaired) electrons. The fourth-order valence-corrected chi connectivity index (χ4v) is 7.36. The normalized spacial score (nSPS) is 37.7. The number of aromatic nitrogens is 8. The molecule has 0 aromatic carbocycles. The molecule has 3 aliphatic rings. The van der Waals surface area contributed by atoms with Gasteiger partial charge in [-0.2, -0.15) is 4.98 Å². The van der Waals surface area contributed by atoms with Crippen molar-refractivity contribution in [3.63, 3.8) is 0 Å². The van der Waals surface area contributed by atoms with Crippen LogP contribution in [0.25, 0.3) is 22.3 Å². The number of nitrogen functional groups attached to an aromatic ring is 2. The predicted octanol–water partition coefficient (Wildman–Crippen LogP) is -3.06. The third kappa shape index (κ3) is 5.30. The number of H-pyrrole nitrogens is 1. The van der Waals surface area contributed by atoms with Crippen molar-refractivity contribution in [3.05, 3.63) is 29.3 Å². The molecule has 0 saturated carbocycles. The molecule has 0 amide bonds. The van der Waals surface area contributed by atoms with Gasteiger partial charge in [0.2, 0.25) is 13.7 Å². The molecule has 4 aromatic heterocycles. The molecule has 25 heteroatoms. The Morgan fingerprint density at radius 2 is 1.67 bits per heavy atom. The fourth-order valence-electron chi connectivity index (χ4n) is 5.35. The minimum Gasteiger partial charge on any atom is -0.766 e. The SMILES string of the molecule is Nc1nc2c(ncn2C2OC3COP(=O)([O-])NC4C(COP(=O)([O-])OC2C3O)OC(n2cnc3c(N)ncnc32)C4F)c(=O)[nH]1. The molecule has 242 valence electrons. The van der Waals surface area contributed by atoms with E-state index in [-0.39, 0.29) is 34.1 Å². The van der Waals surface area contributed by atoms with Crippen molar-refractivity contribution in [2.24, 2.45) is 0 Å². The Labute approximate surface area is 248 Å². The fraction of sp³-hybridized carbons (Fsp3) is 0.500. The summed E-state index contributed by atoms with van der Waals surface area (Å²) in [4.78, 5) is 60.3. The van der Waals surface area contributed by atoms with E-state index in [1.54, 1.807) is 0 Å². The highest BCUT2D eigenvalue weighted by Crippen LogP contribution is 2.49. The first kappa shape index (κ1) is 30.2. The van der Waals surface area contributed by atoms with Crippen LogP contribution in [0.1, 0.15) is 12.5 Å². The highest BCUT2D eigenvalue weighted by Gasteiger charge is 2.51. The summed E-state index contributed by atoms with van der Waals surface area (Å²) in [6.07, 6.45) is -8.72. The standard InChI is InChI=1S/C20H24FN11O11P2/c21-8-9-6(41-18(8)31-4-26-10-14(22)24-3-25-15(10)31)1-40-45(37,38)43-13-12(33)7(2-39-44(35,36)30-9)42-19(13)32-5-27-11-16(32)28-20(23)29-17(11)34/h3-9,12-13,18-19,33H,1-2H2,(H,37,38)(H2,22,24,25)(H2,30,35,36)(H3,23,28,29,34)/p-2. The van der Waals surface area contributed by atoms with Crippen LogP contribution >= 0.6 is 15.6 Å². The Morgan fingerprint density at radius 3 is 2.44 bits per heavy atom. The number of alkyl halides is 1. The van der Waals surface area contributed by atoms with Gasteiger partial charge in [-0.1, -0.05) is 0 Å². The van der Waals surface area contributed by atoms with E-state index in [1.807, 2.05) is 5.09 Å². The molecule has 7 N–H and O–H groups in total. The summed E-state index contributed by atoms with van der Waals surface area (Å²) in [6, 6.07) is -1.74. The topological polar surface area (TPSA) is 318 Å². The van der Waals surface area contributed by atoms with Gasteiger partial charge in [0, 0.05) is 0 Å². The summed E-state index contributed by atoms with van der Waals surface area (Å²) < 4.78 is 70.8. The summed E-state index contributed by atoms with van der Waals surface area (Å²) in [5.74, 6) is -0.316. The van der Waals surface area contributed by atoms with Crippen LogP contribution in [0.5, 0.6) is 0 Å². The molecule has 22 nitrogen and oxygen atoms in total. The second-order valence-electron chi connectivity index (χ2n) is 10.2. The largest absolute Gasteiger partial charge is 0.766 e. The zero-order valence-corrected chi connectivity index (χ0v) is 24.1. The molecule has 7 heterocycles. The second-order valence-corrected chi connectivity index (χ2v) is 13.1. The van der Waals surface area contributed by atoms with Crippen molar-refractivity contribution in [2.45, 2.75) is 49.1 Å². The number of aromatic amines is 1. The van der Waals surface area contributed by atoms with Crippen molar-refractivity contribution in [2.75, 3.05) is 24.7 Å². The summed E-state index contributed by atoms with van der Waals surface area (Å²) in [5, 5.41) is 13.0. The Morgan fingerprint density at radius 1 is 0.978 bits per heavy atom. The molecule has 4 aromatic rings. The van der Waals surface area contributed by atoms with Crippen LogP contribution in [0.15, 0.2) is 23.8 Å². The number of nitrogens with one attached hydrogen (secondary N) is 2. The number of imidazole rings is 2. The van der Waals surface area contributed by atoms with Crippen molar-refractivity contribution >= 4 is 49.7 Å². The molecule has 3 saturated heterocycles. The number of aliphatic hydroxyl groups is 1. The lowest BCUT2D eigenvalue weighted by Gasteiger charge is -2.32. The Hall–Kier alpha value is -3.47. The maximum atomic E-state index is 15.9. The molecular formula is C20H22FN11O11P2-2. The number of aliphatic hydroxyl groups excluding tert-OH is 1. The van der Waals surface area contributed by atoms with Gasteiger partial charge in [-0.05, 0) is 0 Å². The van der Waals surface area contributed by atoms with E-state index >= 15 is 4.39 Å². The highest BCUT2D eigenvalue weighted by molar-refractivity contribution is 7.49. The molecule has 0 aliphatic carbocycles. The number of anilines is 2. The molecule has 3 fully saturated rings. The number of nitrogens with zero attached hydrogens (tertiary/aromatic N) is 7. The number of halogens is 1. The van der Waals surface area contributed by atoms with Crippen LogP contribution in [0.4, 0.5) is 16.2 Å². The minimum atomic E-state index is -5.39. The lowest BCUT2D eigenvalue weighted by molar-refractivity contribution is -0.237. The van der Waals surface area contributed by atoms with Crippen molar-refractivity contribution < 1.29 is 51.5 Å². The molecule has 10 unspecified atom stereocenters. The van der Waals surface area contributed by atoms with Gasteiger partial charge in [0.25, 0.3) is 13.4 Å². The lowest BCUT2D eigenvalue weighted by Crippen LogP contribution is -2.45. The second kappa shape index (κ2) is 10.8. The molecule has 45 heavy (non-hydrogen) atoms. The first-order valence-corrected chi connectivity index (χ1v) is 16.0. The van der Waals surface area contributed by atoms with Gasteiger partial charge in [0.15, 0.2) is 41.3 Å². The van der Waals surface area contributed by atoms with Crippen LogP contribution in [0.2, 0.25) is 0 Å². The third-order valence-corrected chi connectivity index (χ3v) is 9.46. The van der Waals surface area contributed by atoms with E-state index in [1.165, 1.54) is 0 Å². The molecule has 2 bridgehead atoms. The number of phosphoric ester groups is 1. The summed E-state index contributed by atoms with van der Waals surface area (Å²) in [5.41, 5.74) is 10.5. The van der Waals surface area contributed by atoms with Crippen LogP contribution in [0.3, 0.4) is 0 Å². The molecule has 10 atom stereocenters. The van der Waals surface area contributed by atoms with Gasteiger partial charge < -0.3 is 49.4 Å². The average Bonchev–Trinajstić information content (AvgIpc) is 3.72. The lowest BCUT2D eigenvalue weighted by atomic mass is 10.1. The number of nitrogens with two attached hydrogens (primary N) is 2. The highest BCUT2D eigenvalue weighted by atomic mass is 31.2. The van der Waals surface area contributed by atoms with Crippen molar-refractivity contribution in [3.8, 4) is 0 Å². The third-order valence-electron chi connectivity index (χ3n) is 7.39.